The van der Waals surface area contributed by atoms with Gasteiger partial charge in [-0.3, -0.25) is 4.90 Å². The molecular weight excluding hydrogens is 266 g/mol. The molecule has 0 heterocycles. The first-order valence-corrected chi connectivity index (χ1v) is 8.29. The molecule has 22 heavy (non-hydrogen) atoms. The molecule has 0 unspecified atom stereocenters. The van der Waals surface area contributed by atoms with Gasteiger partial charge in [0.15, 0.2) is 0 Å². The Balaban J connectivity index is 1.86. The topological polar surface area (TPSA) is 3.24 Å². The molecule has 0 radical (unpaired) electrons. The molecule has 1 fully saturated rings. The molecule has 2 aromatic rings. The van der Waals surface area contributed by atoms with E-state index in [4.69, 9.17) is 0 Å². The van der Waals surface area contributed by atoms with Crippen molar-refractivity contribution in [2.45, 2.75) is 44.3 Å². The summed E-state index contributed by atoms with van der Waals surface area (Å²) in [6.45, 7) is 6.15. The zero-order chi connectivity index (χ0) is 15.3. The van der Waals surface area contributed by atoms with Crippen molar-refractivity contribution in [3.63, 3.8) is 0 Å². The minimum atomic E-state index is 0.158. The maximum absolute atomic E-state index is 4.18. The molecule has 1 saturated carbocycles. The highest BCUT2D eigenvalue weighted by Crippen LogP contribution is 2.38. The highest BCUT2D eigenvalue weighted by atomic mass is 15.2. The molecule has 2 aromatic carbocycles. The fourth-order valence-corrected chi connectivity index (χ4v) is 3.62. The lowest BCUT2D eigenvalue weighted by atomic mass is 9.93. The van der Waals surface area contributed by atoms with Gasteiger partial charge in [-0.1, -0.05) is 79.6 Å². The lowest BCUT2D eigenvalue weighted by Gasteiger charge is -2.39. The van der Waals surface area contributed by atoms with E-state index in [1.54, 1.807) is 0 Å². The second kappa shape index (κ2) is 6.93. The van der Waals surface area contributed by atoms with Crippen molar-refractivity contribution in [3.8, 4) is 0 Å². The molecule has 1 nitrogen and oxygen atoms in total. The van der Waals surface area contributed by atoms with E-state index in [-0.39, 0.29) is 5.54 Å². The number of hydrogen-bond acceptors (Lipinski definition) is 1. The lowest BCUT2D eigenvalue weighted by Crippen LogP contribution is -2.44. The molecule has 0 aliphatic heterocycles. The van der Waals surface area contributed by atoms with E-state index in [9.17, 15) is 0 Å². The van der Waals surface area contributed by atoms with Crippen molar-refractivity contribution < 1.29 is 0 Å². The molecule has 0 amide bonds. The van der Waals surface area contributed by atoms with Gasteiger partial charge >= 0.3 is 0 Å². The highest BCUT2D eigenvalue weighted by Gasteiger charge is 2.36. The van der Waals surface area contributed by atoms with Crippen molar-refractivity contribution in [3.05, 3.63) is 84.4 Å². The van der Waals surface area contributed by atoms with E-state index in [1.165, 1.54) is 36.8 Å². The van der Waals surface area contributed by atoms with Crippen molar-refractivity contribution >= 4 is 0 Å². The summed E-state index contributed by atoms with van der Waals surface area (Å²) in [6, 6.07) is 21.6. The predicted molar refractivity (Wildman–Crippen MR) is 93.5 cm³/mol. The van der Waals surface area contributed by atoms with Crippen LogP contribution in [0.15, 0.2) is 73.3 Å². The van der Waals surface area contributed by atoms with Crippen molar-refractivity contribution in [2.24, 2.45) is 0 Å². The Morgan fingerprint density at radius 2 is 1.27 bits per heavy atom. The predicted octanol–water partition coefficient (Wildman–Crippen LogP) is 5.19. The third kappa shape index (κ3) is 3.31. The SMILES string of the molecule is C=CC1(N(Cc2ccccc2)Cc2ccccc2)CCCC1. The third-order valence-corrected chi connectivity index (χ3v) is 4.91. The fraction of sp³-hybridized carbons (Fsp3) is 0.333. The maximum Gasteiger partial charge on any atom is 0.0395 e. The van der Waals surface area contributed by atoms with Crippen LogP contribution in [0.5, 0.6) is 0 Å². The van der Waals surface area contributed by atoms with Crippen LogP contribution in [-0.2, 0) is 13.1 Å². The third-order valence-electron chi connectivity index (χ3n) is 4.91. The molecule has 0 spiro atoms. The van der Waals surface area contributed by atoms with E-state index in [1.807, 2.05) is 0 Å². The molecule has 0 N–H and O–H groups in total. The van der Waals surface area contributed by atoms with E-state index in [0.717, 1.165) is 13.1 Å². The van der Waals surface area contributed by atoms with Crippen molar-refractivity contribution in [2.75, 3.05) is 0 Å². The van der Waals surface area contributed by atoms with Crippen LogP contribution in [0.3, 0.4) is 0 Å². The second-order valence-electron chi connectivity index (χ2n) is 6.34. The lowest BCUT2D eigenvalue weighted by molar-refractivity contribution is 0.117. The molecule has 3 rings (SSSR count). The van der Waals surface area contributed by atoms with Gasteiger partial charge in [0.05, 0.1) is 0 Å². The van der Waals surface area contributed by atoms with E-state index >= 15 is 0 Å². The van der Waals surface area contributed by atoms with Crippen LogP contribution in [0.2, 0.25) is 0 Å². The normalized spacial score (nSPS) is 16.8. The van der Waals surface area contributed by atoms with Crippen LogP contribution in [0.25, 0.3) is 0 Å². The quantitative estimate of drug-likeness (QED) is 0.662. The molecule has 1 heteroatoms. The first kappa shape index (κ1) is 15.1. The van der Waals surface area contributed by atoms with Crippen LogP contribution < -0.4 is 0 Å². The van der Waals surface area contributed by atoms with Gasteiger partial charge in [-0.05, 0) is 24.0 Å². The van der Waals surface area contributed by atoms with Gasteiger partial charge in [0.1, 0.15) is 0 Å². The molecule has 1 aliphatic carbocycles. The monoisotopic (exact) mass is 291 g/mol. The number of benzene rings is 2. The Morgan fingerprint density at radius 1 is 0.818 bits per heavy atom. The molecule has 0 bridgehead atoms. The summed E-state index contributed by atoms with van der Waals surface area (Å²) in [5, 5.41) is 0. The van der Waals surface area contributed by atoms with Gasteiger partial charge in [-0.15, -0.1) is 6.58 Å². The highest BCUT2D eigenvalue weighted by molar-refractivity contribution is 5.20. The van der Waals surface area contributed by atoms with Crippen LogP contribution in [0.4, 0.5) is 0 Å². The summed E-state index contributed by atoms with van der Waals surface area (Å²) in [5.41, 5.74) is 2.92. The number of hydrogen-bond donors (Lipinski definition) is 0. The van der Waals surface area contributed by atoms with Crippen LogP contribution in [-0.4, -0.2) is 10.4 Å². The molecule has 0 aromatic heterocycles. The summed E-state index contributed by atoms with van der Waals surface area (Å²) in [4.78, 5) is 2.62. The Hall–Kier alpha value is -1.86. The molecular formula is C21H25N. The Morgan fingerprint density at radius 3 is 1.68 bits per heavy atom. The molecule has 114 valence electrons. The van der Waals surface area contributed by atoms with Gasteiger partial charge < -0.3 is 0 Å². The van der Waals surface area contributed by atoms with Crippen LogP contribution in [0, 0.1) is 0 Å². The Labute approximate surface area is 134 Å². The molecule has 1 aliphatic rings. The molecule has 0 atom stereocenters. The van der Waals surface area contributed by atoms with E-state index in [0.29, 0.717) is 0 Å². The maximum atomic E-state index is 4.18. The van der Waals surface area contributed by atoms with Gasteiger partial charge in [0.2, 0.25) is 0 Å². The van der Waals surface area contributed by atoms with Gasteiger partial charge in [-0.2, -0.15) is 0 Å². The zero-order valence-electron chi connectivity index (χ0n) is 13.2. The van der Waals surface area contributed by atoms with E-state index in [2.05, 4.69) is 78.2 Å². The van der Waals surface area contributed by atoms with Crippen molar-refractivity contribution in [1.29, 1.82) is 0 Å². The largest absolute Gasteiger partial charge is 0.286 e. The minimum Gasteiger partial charge on any atom is -0.286 e. The number of nitrogens with zero attached hydrogens (tertiary/aromatic N) is 1. The average molecular weight is 291 g/mol. The van der Waals surface area contributed by atoms with Crippen LogP contribution in [0.1, 0.15) is 36.8 Å². The standard InChI is InChI=1S/C21H25N/c1-2-21(15-9-10-16-21)22(17-19-11-5-3-6-12-19)18-20-13-7-4-8-14-20/h2-8,11-14H,1,9-10,15-18H2. The summed E-state index contributed by atoms with van der Waals surface area (Å²) in [7, 11) is 0. The van der Waals surface area contributed by atoms with Gasteiger partial charge in [-0.25, -0.2) is 0 Å². The summed E-state index contributed by atoms with van der Waals surface area (Å²) >= 11 is 0. The van der Waals surface area contributed by atoms with Gasteiger partial charge in [0.25, 0.3) is 0 Å². The van der Waals surface area contributed by atoms with Crippen molar-refractivity contribution in [1.82, 2.24) is 4.90 Å². The number of rotatable bonds is 6. The second-order valence-corrected chi connectivity index (χ2v) is 6.34. The fourth-order valence-electron chi connectivity index (χ4n) is 3.62. The Bertz CT molecular complexity index is 540. The minimum absolute atomic E-state index is 0.158. The summed E-state index contributed by atoms with van der Waals surface area (Å²) < 4.78 is 0. The zero-order valence-corrected chi connectivity index (χ0v) is 13.2. The van der Waals surface area contributed by atoms with Crippen LogP contribution >= 0.6 is 0 Å². The Kier molecular flexibility index (Phi) is 4.74. The molecule has 0 saturated heterocycles. The van der Waals surface area contributed by atoms with E-state index < -0.39 is 0 Å². The summed E-state index contributed by atoms with van der Waals surface area (Å²) in [5.74, 6) is 0. The van der Waals surface area contributed by atoms with Gasteiger partial charge in [0, 0.05) is 18.6 Å². The first-order chi connectivity index (χ1) is 10.8. The summed E-state index contributed by atoms with van der Waals surface area (Å²) in [6.07, 6.45) is 7.29. The average Bonchev–Trinajstić information content (AvgIpc) is 3.06. The smallest absolute Gasteiger partial charge is 0.0395 e. The first-order valence-electron chi connectivity index (χ1n) is 8.29.